The van der Waals surface area contributed by atoms with Gasteiger partial charge in [-0.3, -0.25) is 9.59 Å². The van der Waals surface area contributed by atoms with Crippen molar-refractivity contribution >= 4 is 29.1 Å². The van der Waals surface area contributed by atoms with Gasteiger partial charge < -0.3 is 14.2 Å². The number of halogens is 1. The first-order chi connectivity index (χ1) is 11.5. The van der Waals surface area contributed by atoms with Crippen LogP contribution in [-0.4, -0.2) is 40.3 Å². The van der Waals surface area contributed by atoms with Crippen LogP contribution in [0.5, 0.6) is 0 Å². The molecule has 24 heavy (non-hydrogen) atoms. The fourth-order valence-electron chi connectivity index (χ4n) is 3.62. The number of carbonyl (C=O) groups is 2. The highest BCUT2D eigenvalue weighted by molar-refractivity contribution is 6.31. The quantitative estimate of drug-likeness (QED) is 0.839. The first kappa shape index (κ1) is 15.2. The van der Waals surface area contributed by atoms with Crippen LogP contribution in [0.25, 0.3) is 0 Å². The van der Waals surface area contributed by atoms with Crippen LogP contribution in [0.4, 0.5) is 5.69 Å². The van der Waals surface area contributed by atoms with E-state index in [1.165, 1.54) is 0 Å². The minimum atomic E-state index is -0.453. The van der Waals surface area contributed by atoms with Crippen LogP contribution in [0.1, 0.15) is 28.6 Å². The number of anilines is 1. The molecule has 0 radical (unpaired) electrons. The number of nitrogens with zero attached hydrogens (tertiary/aromatic N) is 3. The Labute approximate surface area is 144 Å². The molecule has 2 atom stereocenters. The Morgan fingerprint density at radius 2 is 2.17 bits per heavy atom. The Morgan fingerprint density at radius 1 is 1.38 bits per heavy atom. The van der Waals surface area contributed by atoms with Gasteiger partial charge in [-0.05, 0) is 31.5 Å². The van der Waals surface area contributed by atoms with E-state index < -0.39 is 6.04 Å². The second-order valence-electron chi connectivity index (χ2n) is 6.20. The number of carbonyl (C=O) groups excluding carboxylic acids is 2. The van der Waals surface area contributed by atoms with E-state index in [2.05, 4.69) is 4.98 Å². The molecule has 0 aliphatic carbocycles. The number of aromatic nitrogens is 1. The molecule has 7 heteroatoms. The summed E-state index contributed by atoms with van der Waals surface area (Å²) >= 11 is 6.03. The third-order valence-electron chi connectivity index (χ3n) is 4.61. The molecule has 0 spiro atoms. The summed E-state index contributed by atoms with van der Waals surface area (Å²) in [5, 5.41) is 0.587. The molecule has 4 rings (SSSR count). The lowest BCUT2D eigenvalue weighted by Crippen LogP contribution is -2.52. The molecule has 0 saturated carbocycles. The Morgan fingerprint density at radius 3 is 2.79 bits per heavy atom. The standard InChI is InChI=1S/C17H16ClN3O3/c1-9-15(24-10(2)19-9)17(23)20-8-13-7-14(20)16(22)21(13)12-5-3-4-11(18)6-12/h3-6,13-14H,7-8H2,1-2H3/t13-,14-/m0/s1. The minimum absolute atomic E-state index is 0.0331. The number of hydrogen-bond donors (Lipinski definition) is 0. The summed E-state index contributed by atoms with van der Waals surface area (Å²) in [5.41, 5.74) is 1.33. The molecule has 2 aliphatic heterocycles. The third kappa shape index (κ3) is 2.21. The summed E-state index contributed by atoms with van der Waals surface area (Å²) in [6.45, 7) is 3.92. The Kier molecular flexibility index (Phi) is 3.38. The summed E-state index contributed by atoms with van der Waals surface area (Å²) < 4.78 is 5.41. The van der Waals surface area contributed by atoms with E-state index in [-0.39, 0.29) is 23.6 Å². The van der Waals surface area contributed by atoms with Gasteiger partial charge in [0.1, 0.15) is 6.04 Å². The molecule has 6 nitrogen and oxygen atoms in total. The van der Waals surface area contributed by atoms with Crippen LogP contribution in [0, 0.1) is 13.8 Å². The topological polar surface area (TPSA) is 66.7 Å². The number of benzene rings is 1. The molecule has 1 aromatic heterocycles. The summed E-state index contributed by atoms with van der Waals surface area (Å²) in [6.07, 6.45) is 0.628. The molecular formula is C17H16ClN3O3. The third-order valence-corrected chi connectivity index (χ3v) is 4.85. The molecule has 3 heterocycles. The fraction of sp³-hybridized carbons (Fsp3) is 0.353. The van der Waals surface area contributed by atoms with Gasteiger partial charge in [0.25, 0.3) is 5.91 Å². The maximum absolute atomic E-state index is 12.8. The van der Waals surface area contributed by atoms with Crippen molar-refractivity contribution < 1.29 is 14.0 Å². The Hall–Kier alpha value is -2.34. The van der Waals surface area contributed by atoms with Crippen molar-refractivity contribution in [1.82, 2.24) is 9.88 Å². The van der Waals surface area contributed by atoms with Crippen LogP contribution in [0.2, 0.25) is 5.02 Å². The van der Waals surface area contributed by atoms with Gasteiger partial charge >= 0.3 is 0 Å². The molecule has 2 bridgehead atoms. The van der Waals surface area contributed by atoms with Crippen molar-refractivity contribution in [2.75, 3.05) is 11.4 Å². The van der Waals surface area contributed by atoms with Crippen molar-refractivity contribution in [2.24, 2.45) is 0 Å². The molecule has 2 amide bonds. The van der Waals surface area contributed by atoms with Crippen LogP contribution < -0.4 is 4.90 Å². The van der Waals surface area contributed by atoms with Gasteiger partial charge in [0.2, 0.25) is 11.7 Å². The largest absolute Gasteiger partial charge is 0.436 e. The summed E-state index contributed by atoms with van der Waals surface area (Å²) in [6, 6.07) is 6.74. The predicted molar refractivity (Wildman–Crippen MR) is 88.1 cm³/mol. The van der Waals surface area contributed by atoms with E-state index in [4.69, 9.17) is 16.0 Å². The highest BCUT2D eigenvalue weighted by Gasteiger charge is 2.52. The summed E-state index contributed by atoms with van der Waals surface area (Å²) in [7, 11) is 0. The van der Waals surface area contributed by atoms with Gasteiger partial charge in [0, 0.05) is 24.2 Å². The maximum Gasteiger partial charge on any atom is 0.292 e. The van der Waals surface area contributed by atoms with E-state index >= 15 is 0 Å². The predicted octanol–water partition coefficient (Wildman–Crippen LogP) is 2.57. The number of oxazole rings is 1. The first-order valence-electron chi connectivity index (χ1n) is 7.79. The van der Waals surface area contributed by atoms with Gasteiger partial charge in [-0.15, -0.1) is 0 Å². The zero-order valence-electron chi connectivity index (χ0n) is 13.3. The molecule has 2 aliphatic rings. The van der Waals surface area contributed by atoms with E-state index in [0.717, 1.165) is 5.69 Å². The molecule has 1 aromatic carbocycles. The second-order valence-corrected chi connectivity index (χ2v) is 6.63. The lowest BCUT2D eigenvalue weighted by atomic mass is 10.2. The van der Waals surface area contributed by atoms with Crippen molar-refractivity contribution in [3.63, 3.8) is 0 Å². The highest BCUT2D eigenvalue weighted by Crippen LogP contribution is 2.37. The number of rotatable bonds is 2. The summed E-state index contributed by atoms with van der Waals surface area (Å²) in [4.78, 5) is 33.0. The molecule has 124 valence electrons. The number of piperazine rings is 1. The fourth-order valence-corrected chi connectivity index (χ4v) is 3.81. The van der Waals surface area contributed by atoms with Gasteiger partial charge in [-0.1, -0.05) is 17.7 Å². The molecule has 2 fully saturated rings. The zero-order valence-corrected chi connectivity index (χ0v) is 14.1. The first-order valence-corrected chi connectivity index (χ1v) is 8.17. The lowest BCUT2D eigenvalue weighted by molar-refractivity contribution is -0.121. The van der Waals surface area contributed by atoms with Gasteiger partial charge in [0.05, 0.1) is 11.7 Å². The van der Waals surface area contributed by atoms with E-state index in [1.54, 1.807) is 35.8 Å². The summed E-state index contributed by atoms with van der Waals surface area (Å²) in [5.74, 6) is 0.338. The number of likely N-dealkylation sites (tertiary alicyclic amines) is 1. The van der Waals surface area contributed by atoms with Crippen LogP contribution in [0.15, 0.2) is 28.7 Å². The number of hydrogen-bond acceptors (Lipinski definition) is 4. The van der Waals surface area contributed by atoms with E-state index in [1.807, 2.05) is 12.1 Å². The van der Waals surface area contributed by atoms with Crippen LogP contribution in [-0.2, 0) is 4.79 Å². The van der Waals surface area contributed by atoms with Crippen LogP contribution >= 0.6 is 11.6 Å². The van der Waals surface area contributed by atoms with Crippen molar-refractivity contribution in [1.29, 1.82) is 0 Å². The van der Waals surface area contributed by atoms with E-state index in [9.17, 15) is 9.59 Å². The molecular weight excluding hydrogens is 330 g/mol. The number of aryl methyl sites for hydroxylation is 2. The number of fused-ring (bicyclic) bond motifs is 2. The van der Waals surface area contributed by atoms with Gasteiger partial charge in [-0.2, -0.15) is 0 Å². The highest BCUT2D eigenvalue weighted by atomic mass is 35.5. The Balaban J connectivity index is 1.60. The van der Waals surface area contributed by atoms with Crippen LogP contribution in [0.3, 0.4) is 0 Å². The van der Waals surface area contributed by atoms with Gasteiger partial charge in [-0.25, -0.2) is 4.98 Å². The SMILES string of the molecule is Cc1nc(C)c(C(=O)N2C[C@@H]3C[C@H]2C(=O)N3c2cccc(Cl)c2)o1. The zero-order chi connectivity index (χ0) is 17.0. The Bertz CT molecular complexity index is 847. The van der Waals surface area contributed by atoms with Gasteiger partial charge in [0.15, 0.2) is 5.89 Å². The normalized spacial score (nSPS) is 22.5. The molecule has 2 aromatic rings. The molecule has 0 unspecified atom stereocenters. The molecule has 0 N–H and O–H groups in total. The molecule has 2 saturated heterocycles. The smallest absolute Gasteiger partial charge is 0.292 e. The maximum atomic E-state index is 12.8. The van der Waals surface area contributed by atoms with E-state index in [0.29, 0.717) is 29.6 Å². The average molecular weight is 346 g/mol. The minimum Gasteiger partial charge on any atom is -0.436 e. The van der Waals surface area contributed by atoms with Crippen molar-refractivity contribution in [3.8, 4) is 0 Å². The monoisotopic (exact) mass is 345 g/mol. The van der Waals surface area contributed by atoms with Crippen molar-refractivity contribution in [2.45, 2.75) is 32.4 Å². The lowest BCUT2D eigenvalue weighted by Gasteiger charge is -2.33. The number of amides is 2. The average Bonchev–Trinajstić information content (AvgIpc) is 3.19. The second kappa shape index (κ2) is 5.34. The van der Waals surface area contributed by atoms with Crippen molar-refractivity contribution in [3.05, 3.63) is 46.6 Å².